The highest BCUT2D eigenvalue weighted by atomic mass is 16.4. The number of carbonyl (C=O) groups is 2. The third-order valence-corrected chi connectivity index (χ3v) is 3.45. The first-order valence-corrected chi connectivity index (χ1v) is 6.66. The molecule has 2 unspecified atom stereocenters. The van der Waals surface area contributed by atoms with Gasteiger partial charge in [-0.2, -0.15) is 0 Å². The third-order valence-electron chi connectivity index (χ3n) is 3.45. The number of aliphatic carboxylic acids is 1. The first kappa shape index (κ1) is 15.0. The van der Waals surface area contributed by atoms with Crippen LogP contribution in [0.25, 0.3) is 0 Å². The number of aliphatic hydroxyl groups is 1. The van der Waals surface area contributed by atoms with Crippen LogP contribution in [0.1, 0.15) is 45.4 Å². The van der Waals surface area contributed by atoms with Gasteiger partial charge < -0.3 is 15.1 Å². The second-order valence-electron chi connectivity index (χ2n) is 5.18. The predicted molar refractivity (Wildman–Crippen MR) is 67.1 cm³/mol. The molecule has 0 bridgehead atoms. The minimum absolute atomic E-state index is 0.000941. The maximum Gasteiger partial charge on any atom is 0.303 e. The van der Waals surface area contributed by atoms with E-state index in [9.17, 15) is 14.7 Å². The first-order chi connectivity index (χ1) is 8.54. The zero-order chi connectivity index (χ0) is 13.5. The van der Waals surface area contributed by atoms with E-state index in [1.54, 1.807) is 11.8 Å². The predicted octanol–water partition coefficient (Wildman–Crippen LogP) is 1.25. The third kappa shape index (κ3) is 4.64. The molecule has 0 aromatic heterocycles. The lowest BCUT2D eigenvalue weighted by Gasteiger charge is -2.29. The average molecular weight is 257 g/mol. The average Bonchev–Trinajstić information content (AvgIpc) is 2.52. The number of amides is 1. The Kier molecular flexibility index (Phi) is 6.12. The van der Waals surface area contributed by atoms with Crippen molar-refractivity contribution < 1.29 is 19.8 Å². The Morgan fingerprint density at radius 1 is 1.28 bits per heavy atom. The van der Waals surface area contributed by atoms with Gasteiger partial charge in [-0.25, -0.2) is 0 Å². The number of carbonyl (C=O) groups excluding carboxylic acids is 1. The van der Waals surface area contributed by atoms with E-state index in [-0.39, 0.29) is 37.3 Å². The summed E-state index contributed by atoms with van der Waals surface area (Å²) in [6.45, 7) is 2.46. The lowest BCUT2D eigenvalue weighted by atomic mass is 10.0. The molecule has 0 aromatic rings. The summed E-state index contributed by atoms with van der Waals surface area (Å²) in [5.74, 6) is -1.05. The molecule has 2 N–H and O–H groups in total. The van der Waals surface area contributed by atoms with Gasteiger partial charge in [0.2, 0.25) is 5.91 Å². The summed E-state index contributed by atoms with van der Waals surface area (Å²) >= 11 is 0. The largest absolute Gasteiger partial charge is 0.481 e. The Morgan fingerprint density at radius 2 is 2.00 bits per heavy atom. The molecule has 1 saturated heterocycles. The van der Waals surface area contributed by atoms with Gasteiger partial charge in [0.25, 0.3) is 0 Å². The summed E-state index contributed by atoms with van der Waals surface area (Å²) in [6, 6.07) is -0.0861. The van der Waals surface area contributed by atoms with Crippen molar-refractivity contribution in [3.63, 3.8) is 0 Å². The number of rotatable bonds is 5. The van der Waals surface area contributed by atoms with Gasteiger partial charge in [-0.05, 0) is 18.8 Å². The van der Waals surface area contributed by atoms with Gasteiger partial charge in [0, 0.05) is 19.4 Å². The second kappa shape index (κ2) is 7.36. The van der Waals surface area contributed by atoms with Crippen LogP contribution in [0.2, 0.25) is 0 Å². The van der Waals surface area contributed by atoms with Crippen LogP contribution in [0.4, 0.5) is 0 Å². The maximum atomic E-state index is 12.1. The zero-order valence-corrected chi connectivity index (χ0v) is 11.0. The lowest BCUT2D eigenvalue weighted by molar-refractivity contribution is -0.139. The smallest absolute Gasteiger partial charge is 0.303 e. The molecular weight excluding hydrogens is 234 g/mol. The van der Waals surface area contributed by atoms with Crippen molar-refractivity contribution in [1.29, 1.82) is 0 Å². The number of likely N-dealkylation sites (tertiary alicyclic amines) is 1. The molecular formula is C13H23NO4. The fourth-order valence-corrected chi connectivity index (χ4v) is 2.48. The summed E-state index contributed by atoms with van der Waals surface area (Å²) in [7, 11) is 0. The number of hydrogen-bond acceptors (Lipinski definition) is 3. The van der Waals surface area contributed by atoms with Crippen molar-refractivity contribution in [2.24, 2.45) is 5.92 Å². The Morgan fingerprint density at radius 3 is 2.61 bits per heavy atom. The van der Waals surface area contributed by atoms with E-state index in [0.717, 1.165) is 25.7 Å². The van der Waals surface area contributed by atoms with E-state index in [4.69, 9.17) is 5.11 Å². The molecule has 0 aliphatic carbocycles. The van der Waals surface area contributed by atoms with Crippen LogP contribution in [0, 0.1) is 5.92 Å². The second-order valence-corrected chi connectivity index (χ2v) is 5.18. The fraction of sp³-hybridized carbons (Fsp3) is 0.846. The number of aliphatic hydroxyl groups excluding tert-OH is 1. The summed E-state index contributed by atoms with van der Waals surface area (Å²) in [6.07, 6.45) is 4.21. The summed E-state index contributed by atoms with van der Waals surface area (Å²) in [5.41, 5.74) is 0. The molecule has 104 valence electrons. The van der Waals surface area contributed by atoms with Crippen LogP contribution in [0.5, 0.6) is 0 Å². The molecule has 5 nitrogen and oxygen atoms in total. The number of carboxylic acids is 1. The molecule has 1 aliphatic heterocycles. The maximum absolute atomic E-state index is 12.1. The van der Waals surface area contributed by atoms with Gasteiger partial charge in [0.05, 0.1) is 12.6 Å². The van der Waals surface area contributed by atoms with Gasteiger partial charge in [-0.15, -0.1) is 0 Å². The van der Waals surface area contributed by atoms with Gasteiger partial charge in [-0.3, -0.25) is 9.59 Å². The van der Waals surface area contributed by atoms with Crippen molar-refractivity contribution in [2.45, 2.75) is 51.5 Å². The highest BCUT2D eigenvalue weighted by molar-refractivity contribution is 5.77. The molecule has 0 spiro atoms. The zero-order valence-electron chi connectivity index (χ0n) is 11.0. The molecule has 0 aromatic carbocycles. The highest BCUT2D eigenvalue weighted by Crippen LogP contribution is 2.19. The van der Waals surface area contributed by atoms with Crippen LogP contribution in [0.15, 0.2) is 0 Å². The number of carboxylic acid groups (broad SMARTS) is 1. The SMILES string of the molecule is CC(CC(=O)O)CC(=O)N1CCCCCC1CO. The van der Waals surface area contributed by atoms with Crippen LogP contribution in [-0.4, -0.2) is 46.2 Å². The number of hydrogen-bond donors (Lipinski definition) is 2. The standard InChI is InChI=1S/C13H23NO4/c1-10(8-13(17)18)7-12(16)14-6-4-2-3-5-11(14)9-15/h10-11,15H,2-9H2,1H3,(H,17,18). The molecule has 1 heterocycles. The molecule has 1 rings (SSSR count). The Bertz CT molecular complexity index is 293. The fourth-order valence-electron chi connectivity index (χ4n) is 2.48. The van der Waals surface area contributed by atoms with E-state index < -0.39 is 5.97 Å². The topological polar surface area (TPSA) is 77.8 Å². The highest BCUT2D eigenvalue weighted by Gasteiger charge is 2.26. The van der Waals surface area contributed by atoms with E-state index >= 15 is 0 Å². The molecule has 0 saturated carbocycles. The molecule has 1 fully saturated rings. The van der Waals surface area contributed by atoms with Crippen LogP contribution in [-0.2, 0) is 9.59 Å². The van der Waals surface area contributed by atoms with E-state index in [1.807, 2.05) is 0 Å². The van der Waals surface area contributed by atoms with E-state index in [1.165, 1.54) is 0 Å². The van der Waals surface area contributed by atoms with Crippen molar-refractivity contribution in [3.05, 3.63) is 0 Å². The first-order valence-electron chi connectivity index (χ1n) is 6.66. The van der Waals surface area contributed by atoms with Gasteiger partial charge in [0.1, 0.15) is 0 Å². The Hall–Kier alpha value is -1.10. The van der Waals surface area contributed by atoms with E-state index in [2.05, 4.69) is 0 Å². The van der Waals surface area contributed by atoms with Crippen molar-refractivity contribution in [1.82, 2.24) is 4.90 Å². The molecule has 18 heavy (non-hydrogen) atoms. The van der Waals surface area contributed by atoms with Crippen LogP contribution < -0.4 is 0 Å². The van der Waals surface area contributed by atoms with Crippen molar-refractivity contribution >= 4 is 11.9 Å². The Labute approximate surface area is 108 Å². The molecule has 0 radical (unpaired) electrons. The summed E-state index contributed by atoms with van der Waals surface area (Å²) in [5, 5.41) is 18.0. The normalized spacial score (nSPS) is 22.3. The van der Waals surface area contributed by atoms with Crippen molar-refractivity contribution in [3.8, 4) is 0 Å². The molecule has 2 atom stereocenters. The van der Waals surface area contributed by atoms with Crippen molar-refractivity contribution in [2.75, 3.05) is 13.2 Å². The number of nitrogens with zero attached hydrogens (tertiary/aromatic N) is 1. The van der Waals surface area contributed by atoms with E-state index in [0.29, 0.717) is 6.54 Å². The molecule has 1 aliphatic rings. The minimum Gasteiger partial charge on any atom is -0.481 e. The van der Waals surface area contributed by atoms with Crippen LogP contribution >= 0.6 is 0 Å². The summed E-state index contributed by atoms with van der Waals surface area (Å²) in [4.78, 5) is 24.5. The monoisotopic (exact) mass is 257 g/mol. The summed E-state index contributed by atoms with van der Waals surface area (Å²) < 4.78 is 0. The molecule has 1 amide bonds. The minimum atomic E-state index is -0.870. The molecule has 5 heteroatoms. The van der Waals surface area contributed by atoms with Gasteiger partial charge >= 0.3 is 5.97 Å². The Balaban J connectivity index is 2.54. The lowest BCUT2D eigenvalue weighted by Crippen LogP contribution is -2.42. The van der Waals surface area contributed by atoms with Crippen LogP contribution in [0.3, 0.4) is 0 Å². The van der Waals surface area contributed by atoms with Gasteiger partial charge in [-0.1, -0.05) is 19.8 Å². The van der Waals surface area contributed by atoms with Gasteiger partial charge in [0.15, 0.2) is 0 Å². The quantitative estimate of drug-likeness (QED) is 0.777.